The molecule has 0 aromatic heterocycles. The van der Waals surface area contributed by atoms with Crippen LogP contribution in [0.15, 0.2) is 24.3 Å². The Morgan fingerprint density at radius 3 is 2.13 bits per heavy atom. The molecule has 84 valence electrons. The molecule has 3 nitrogen and oxygen atoms in total. The molecule has 0 aliphatic rings. The van der Waals surface area contributed by atoms with E-state index in [1.165, 1.54) is 28.4 Å². The molecule has 0 aliphatic heterocycles. The van der Waals surface area contributed by atoms with E-state index < -0.39 is 5.97 Å². The van der Waals surface area contributed by atoms with E-state index in [1.807, 2.05) is 6.92 Å². The molecular weight excluding hydrogens is 208 g/mol. The fourth-order valence-electron chi connectivity index (χ4n) is 0.860. The summed E-state index contributed by atoms with van der Waals surface area (Å²) in [4.78, 5) is 10.4. The lowest BCUT2D eigenvalue weighted by Gasteiger charge is -2.01. The van der Waals surface area contributed by atoms with E-state index in [1.54, 1.807) is 12.1 Å². The number of hydrogen-bond acceptors (Lipinski definition) is 2. The molecule has 0 spiro atoms. The number of ether oxygens (including phenoxy) is 1. The van der Waals surface area contributed by atoms with Gasteiger partial charge in [-0.05, 0) is 31.2 Å². The van der Waals surface area contributed by atoms with E-state index >= 15 is 0 Å². The van der Waals surface area contributed by atoms with Crippen LogP contribution in [0, 0.1) is 0 Å². The molecule has 0 aliphatic carbocycles. The van der Waals surface area contributed by atoms with Gasteiger partial charge in [-0.15, -0.1) is 0 Å². The van der Waals surface area contributed by atoms with Gasteiger partial charge in [-0.25, -0.2) is 4.79 Å². The Bertz CT molecular complexity index is 282. The Morgan fingerprint density at radius 1 is 1.33 bits per heavy atom. The minimum Gasteiger partial charge on any atom is -0.494 e. The number of rotatable bonds is 3. The van der Waals surface area contributed by atoms with Gasteiger partial charge in [-0.3, -0.25) is 0 Å². The first-order valence-electron chi connectivity index (χ1n) is 5.11. The maximum atomic E-state index is 10.4. The van der Waals surface area contributed by atoms with Crippen LogP contribution in [0.25, 0.3) is 0 Å². The predicted molar refractivity (Wildman–Crippen MR) is 65.0 cm³/mol. The maximum absolute atomic E-state index is 10.4. The second-order valence-electron chi connectivity index (χ2n) is 2.97. The molecule has 15 heavy (non-hydrogen) atoms. The summed E-state index contributed by atoms with van der Waals surface area (Å²) in [5.74, 6) is -0.222. The summed E-state index contributed by atoms with van der Waals surface area (Å²) in [6.45, 7) is 4.66. The third-order valence-corrected chi connectivity index (χ3v) is 1.41. The van der Waals surface area contributed by atoms with Crippen LogP contribution in [0.5, 0.6) is 5.75 Å². The van der Waals surface area contributed by atoms with Crippen LogP contribution in [0.4, 0.5) is 0 Å². The van der Waals surface area contributed by atoms with Gasteiger partial charge in [0.05, 0.1) is 12.2 Å². The molecule has 0 atom stereocenters. The average molecular weight is 226 g/mol. The second-order valence-corrected chi connectivity index (χ2v) is 4.38. The van der Waals surface area contributed by atoms with Gasteiger partial charge >= 0.3 is 5.97 Å². The minimum atomic E-state index is -0.918. The molecule has 0 bridgehead atoms. The van der Waals surface area contributed by atoms with Gasteiger partial charge in [0.25, 0.3) is 0 Å². The van der Waals surface area contributed by atoms with E-state index in [0.29, 0.717) is 12.4 Å². The summed E-state index contributed by atoms with van der Waals surface area (Å²) >= 11 is 0. The number of carboxylic acids is 1. The fourth-order valence-corrected chi connectivity index (χ4v) is 0.860. The molecule has 4 heteroatoms. The number of carboxylic acid groups (broad SMARTS) is 1. The monoisotopic (exact) mass is 226 g/mol. The molecule has 0 radical (unpaired) electrons. The summed E-state index contributed by atoms with van der Waals surface area (Å²) < 4.78 is 5.15. The third-order valence-electron chi connectivity index (χ3n) is 1.41. The van der Waals surface area contributed by atoms with E-state index in [2.05, 4.69) is 6.92 Å². The molecular formula is C11H18O3Si. The van der Waals surface area contributed by atoms with Crippen molar-refractivity contribution in [2.45, 2.75) is 19.9 Å². The zero-order valence-electron chi connectivity index (χ0n) is 9.49. The fraction of sp³-hybridized carbons (Fsp3) is 0.364. The summed E-state index contributed by atoms with van der Waals surface area (Å²) in [7, 11) is 1.37. The molecule has 0 unspecified atom stereocenters. The molecule has 0 amide bonds. The van der Waals surface area contributed by atoms with Crippen LogP contribution in [0.2, 0.25) is 6.04 Å². The highest BCUT2D eigenvalue weighted by Gasteiger charge is 2.00. The quantitative estimate of drug-likeness (QED) is 0.796. The molecule has 1 rings (SSSR count). The van der Waals surface area contributed by atoms with Gasteiger partial charge in [-0.1, -0.05) is 13.0 Å². The van der Waals surface area contributed by atoms with Gasteiger partial charge in [-0.2, -0.15) is 0 Å². The van der Waals surface area contributed by atoms with Crippen LogP contribution in [0.3, 0.4) is 0 Å². The van der Waals surface area contributed by atoms with Crippen molar-refractivity contribution in [1.82, 2.24) is 0 Å². The Labute approximate surface area is 93.5 Å². The van der Waals surface area contributed by atoms with Gasteiger partial charge in [0.15, 0.2) is 0 Å². The predicted octanol–water partition coefficient (Wildman–Crippen LogP) is 1.57. The molecule has 1 aromatic rings. The third kappa shape index (κ3) is 5.90. The Balaban J connectivity index is 0.000000583. The van der Waals surface area contributed by atoms with Gasteiger partial charge < -0.3 is 9.84 Å². The van der Waals surface area contributed by atoms with Gasteiger partial charge in [0.1, 0.15) is 5.75 Å². The Hall–Kier alpha value is -1.29. The number of aromatic carboxylic acids is 1. The van der Waals surface area contributed by atoms with Crippen molar-refractivity contribution in [1.29, 1.82) is 0 Å². The number of benzene rings is 1. The smallest absolute Gasteiger partial charge is 0.335 e. The highest BCUT2D eigenvalue weighted by molar-refractivity contribution is 6.08. The first-order valence-corrected chi connectivity index (χ1v) is 6.53. The van der Waals surface area contributed by atoms with Crippen LogP contribution < -0.4 is 4.74 Å². The molecule has 0 saturated carbocycles. The highest BCUT2D eigenvalue weighted by Crippen LogP contribution is 2.11. The second kappa shape index (κ2) is 8.05. The molecule has 1 aromatic carbocycles. The van der Waals surface area contributed by atoms with E-state index in [9.17, 15) is 4.79 Å². The van der Waals surface area contributed by atoms with Gasteiger partial charge in [0, 0.05) is 10.2 Å². The minimum absolute atomic E-state index is 0.276. The van der Waals surface area contributed by atoms with Crippen LogP contribution >= 0.6 is 0 Å². The lowest BCUT2D eigenvalue weighted by molar-refractivity contribution is 0.0697. The standard InChI is InChI=1S/C9H10O3.C2H8Si/c1-2-12-8-5-3-7(4-6-8)9(10)11;1-2-3/h3-6H,2H2,1H3,(H,10,11);2H2,1,3H3. The first kappa shape index (κ1) is 13.7. The molecule has 1 N–H and O–H groups in total. The molecule has 0 heterocycles. The van der Waals surface area contributed by atoms with Crippen LogP contribution in [-0.2, 0) is 0 Å². The van der Waals surface area contributed by atoms with Crippen molar-refractivity contribution in [2.75, 3.05) is 6.61 Å². The van der Waals surface area contributed by atoms with Crippen molar-refractivity contribution >= 4 is 16.2 Å². The Morgan fingerprint density at radius 2 is 1.80 bits per heavy atom. The summed E-state index contributed by atoms with van der Waals surface area (Å²) in [6.07, 6.45) is 0. The summed E-state index contributed by atoms with van der Waals surface area (Å²) in [5, 5.41) is 8.56. The topological polar surface area (TPSA) is 46.5 Å². The van der Waals surface area contributed by atoms with Crippen LogP contribution in [-0.4, -0.2) is 27.9 Å². The average Bonchev–Trinajstić information content (AvgIpc) is 2.20. The summed E-state index contributed by atoms with van der Waals surface area (Å²) in [6, 6.07) is 7.72. The molecule has 0 saturated heterocycles. The largest absolute Gasteiger partial charge is 0.494 e. The van der Waals surface area contributed by atoms with Gasteiger partial charge in [0.2, 0.25) is 0 Å². The lowest BCUT2D eigenvalue weighted by atomic mass is 10.2. The first-order chi connectivity index (χ1) is 7.15. The van der Waals surface area contributed by atoms with E-state index in [4.69, 9.17) is 9.84 Å². The lowest BCUT2D eigenvalue weighted by Crippen LogP contribution is -1.96. The maximum Gasteiger partial charge on any atom is 0.335 e. The highest BCUT2D eigenvalue weighted by atomic mass is 28.1. The van der Waals surface area contributed by atoms with E-state index in [-0.39, 0.29) is 5.56 Å². The zero-order valence-corrected chi connectivity index (χ0v) is 11.5. The Kier molecular flexibility index (Phi) is 7.36. The van der Waals surface area contributed by atoms with Crippen LogP contribution in [0.1, 0.15) is 24.2 Å². The van der Waals surface area contributed by atoms with Crippen molar-refractivity contribution in [3.8, 4) is 5.75 Å². The van der Waals surface area contributed by atoms with E-state index in [0.717, 1.165) is 0 Å². The zero-order chi connectivity index (χ0) is 11.7. The summed E-state index contributed by atoms with van der Waals surface area (Å²) in [5.41, 5.74) is 0.276. The van der Waals surface area contributed by atoms with Crippen molar-refractivity contribution < 1.29 is 14.6 Å². The SMILES string of the molecule is CCOc1ccc(C(=O)O)cc1.CC[SiH3]. The van der Waals surface area contributed by atoms with Crippen molar-refractivity contribution in [2.24, 2.45) is 0 Å². The molecule has 0 fully saturated rings. The van der Waals surface area contributed by atoms with Crippen molar-refractivity contribution in [3.05, 3.63) is 29.8 Å². The number of hydrogen-bond donors (Lipinski definition) is 1. The normalized spacial score (nSPS) is 8.93. The number of carbonyl (C=O) groups is 1. The van der Waals surface area contributed by atoms with Crippen molar-refractivity contribution in [3.63, 3.8) is 0 Å².